The van der Waals surface area contributed by atoms with Gasteiger partial charge in [0.1, 0.15) is 0 Å². The first-order valence-electron chi connectivity index (χ1n) is 1.86. The fourth-order valence-electron chi connectivity index (χ4n) is 0. The van der Waals surface area contributed by atoms with E-state index in [2.05, 4.69) is 0 Å². The average molecular weight is 227 g/mol. The second kappa shape index (κ2) is 10.6. The molecule has 0 aliphatic heterocycles. The third-order valence-electron chi connectivity index (χ3n) is 0. The minimum atomic E-state index is -0.833. The van der Waals surface area contributed by atoms with Gasteiger partial charge in [-0.2, -0.15) is 0 Å². The van der Waals surface area contributed by atoms with Crippen molar-refractivity contribution in [3.05, 3.63) is 0 Å². The Balaban J connectivity index is -0.0000000720. The van der Waals surface area contributed by atoms with Gasteiger partial charge >= 0.3 is 0 Å². The van der Waals surface area contributed by atoms with Gasteiger partial charge < -0.3 is 10.2 Å². The van der Waals surface area contributed by atoms with E-state index in [0.717, 1.165) is 13.8 Å². The van der Waals surface area contributed by atoms with Gasteiger partial charge in [-0.15, -0.1) is 0 Å². The van der Waals surface area contributed by atoms with Gasteiger partial charge in [-0.3, -0.25) is 9.59 Å². The summed E-state index contributed by atoms with van der Waals surface area (Å²) in [7, 11) is 0. The van der Waals surface area contributed by atoms with Crippen LogP contribution in [0.2, 0.25) is 0 Å². The molecule has 5 heteroatoms. The quantitative estimate of drug-likeness (QED) is 0.578. The summed E-state index contributed by atoms with van der Waals surface area (Å²) in [6, 6.07) is 0. The van der Waals surface area contributed by atoms with E-state index in [4.69, 9.17) is 19.8 Å². The molecule has 0 aliphatic rings. The predicted molar refractivity (Wildman–Crippen MR) is 26.6 cm³/mol. The topological polar surface area (TPSA) is 74.6 Å². The monoisotopic (exact) mass is 226 g/mol. The first kappa shape index (κ1) is 15.8. The molecular formula is C4H8O4Pd. The van der Waals surface area contributed by atoms with Crippen molar-refractivity contribution in [1.82, 2.24) is 0 Å². The summed E-state index contributed by atoms with van der Waals surface area (Å²) in [4.78, 5) is 18.0. The smallest absolute Gasteiger partial charge is 0.300 e. The van der Waals surface area contributed by atoms with Crippen molar-refractivity contribution in [2.45, 2.75) is 13.8 Å². The molecule has 0 spiro atoms. The molecule has 4 nitrogen and oxygen atoms in total. The average Bonchev–Trinajstić information content (AvgIpc) is 1.25. The molecule has 0 amide bonds. The Bertz CT molecular complexity index is 70.6. The van der Waals surface area contributed by atoms with Gasteiger partial charge in [0.05, 0.1) is 0 Å². The fourth-order valence-corrected chi connectivity index (χ4v) is 0. The molecule has 9 heavy (non-hydrogen) atoms. The number of hydrogen-bond donors (Lipinski definition) is 2. The maximum Gasteiger partial charge on any atom is 0.300 e. The van der Waals surface area contributed by atoms with Crippen molar-refractivity contribution < 1.29 is 40.2 Å². The van der Waals surface area contributed by atoms with E-state index in [1.165, 1.54) is 0 Å². The number of aliphatic carboxylic acids is 2. The number of carboxylic acids is 2. The Morgan fingerprint density at radius 2 is 1.00 bits per heavy atom. The SMILES string of the molecule is CC(=O)O.CC(=O)O.[Pd]. The summed E-state index contributed by atoms with van der Waals surface area (Å²) in [6.45, 7) is 2.17. The molecule has 0 aromatic rings. The van der Waals surface area contributed by atoms with Crippen LogP contribution in [0.4, 0.5) is 0 Å². The molecule has 0 radical (unpaired) electrons. The molecule has 58 valence electrons. The largest absolute Gasteiger partial charge is 0.481 e. The van der Waals surface area contributed by atoms with Crippen LogP contribution < -0.4 is 0 Å². The maximum atomic E-state index is 9.00. The second-order valence-electron chi connectivity index (χ2n) is 1.04. The Morgan fingerprint density at radius 1 is 1.00 bits per heavy atom. The molecule has 0 aromatic carbocycles. The molecule has 2 N–H and O–H groups in total. The summed E-state index contributed by atoms with van der Waals surface area (Å²) in [5.74, 6) is -1.67. The van der Waals surface area contributed by atoms with Gasteiger partial charge in [-0.05, 0) is 0 Å². The molecule has 0 aromatic heterocycles. The van der Waals surface area contributed by atoms with Crippen LogP contribution in [0.25, 0.3) is 0 Å². The molecule has 0 heterocycles. The second-order valence-corrected chi connectivity index (χ2v) is 1.04. The van der Waals surface area contributed by atoms with Gasteiger partial charge in [0.2, 0.25) is 0 Å². The summed E-state index contributed by atoms with van der Waals surface area (Å²) in [5.41, 5.74) is 0. The van der Waals surface area contributed by atoms with Crippen LogP contribution in [-0.4, -0.2) is 22.2 Å². The molecule has 0 saturated carbocycles. The van der Waals surface area contributed by atoms with Crippen LogP contribution in [0.1, 0.15) is 13.8 Å². The molecular weight excluding hydrogens is 218 g/mol. The van der Waals surface area contributed by atoms with Crippen molar-refractivity contribution in [2.75, 3.05) is 0 Å². The van der Waals surface area contributed by atoms with E-state index in [0.29, 0.717) is 0 Å². The zero-order chi connectivity index (χ0) is 7.15. The number of carboxylic acid groups (broad SMARTS) is 2. The summed E-state index contributed by atoms with van der Waals surface area (Å²) in [6.07, 6.45) is 0. The molecule has 0 saturated heterocycles. The van der Waals surface area contributed by atoms with Crippen LogP contribution in [0.15, 0.2) is 0 Å². The number of carbonyl (C=O) groups is 2. The van der Waals surface area contributed by atoms with Crippen LogP contribution >= 0.6 is 0 Å². The third kappa shape index (κ3) is 1510. The first-order chi connectivity index (χ1) is 3.46. The maximum absolute atomic E-state index is 9.00. The van der Waals surface area contributed by atoms with Gasteiger partial charge in [0, 0.05) is 34.3 Å². The molecule has 0 fully saturated rings. The zero-order valence-electron chi connectivity index (χ0n) is 5.03. The Hall–Kier alpha value is -0.398. The van der Waals surface area contributed by atoms with Crippen molar-refractivity contribution in [2.24, 2.45) is 0 Å². The van der Waals surface area contributed by atoms with Crippen LogP contribution in [0.3, 0.4) is 0 Å². The number of hydrogen-bond acceptors (Lipinski definition) is 2. The van der Waals surface area contributed by atoms with Crippen LogP contribution in [0, 0.1) is 0 Å². The molecule has 0 bridgehead atoms. The Labute approximate surface area is 66.5 Å². The standard InChI is InChI=1S/2C2H4O2.Pd/c2*1-2(3)4;/h2*1H3,(H,3,4);. The van der Waals surface area contributed by atoms with Crippen molar-refractivity contribution >= 4 is 11.9 Å². The van der Waals surface area contributed by atoms with E-state index in [1.54, 1.807) is 0 Å². The third-order valence-corrected chi connectivity index (χ3v) is 0. The minimum absolute atomic E-state index is 0. The van der Waals surface area contributed by atoms with E-state index in [9.17, 15) is 0 Å². The summed E-state index contributed by atoms with van der Waals surface area (Å²) < 4.78 is 0. The van der Waals surface area contributed by atoms with Crippen molar-refractivity contribution in [1.29, 1.82) is 0 Å². The fraction of sp³-hybridized carbons (Fsp3) is 0.500. The van der Waals surface area contributed by atoms with Gasteiger partial charge in [0.15, 0.2) is 0 Å². The van der Waals surface area contributed by atoms with Crippen LogP contribution in [-0.2, 0) is 30.0 Å². The van der Waals surface area contributed by atoms with Crippen LogP contribution in [0.5, 0.6) is 0 Å². The molecule has 0 unspecified atom stereocenters. The number of rotatable bonds is 0. The summed E-state index contributed by atoms with van der Waals surface area (Å²) >= 11 is 0. The summed E-state index contributed by atoms with van der Waals surface area (Å²) in [5, 5.41) is 14.8. The van der Waals surface area contributed by atoms with E-state index < -0.39 is 11.9 Å². The van der Waals surface area contributed by atoms with Crippen molar-refractivity contribution in [3.8, 4) is 0 Å². The van der Waals surface area contributed by atoms with Gasteiger partial charge in [-0.25, -0.2) is 0 Å². The minimum Gasteiger partial charge on any atom is -0.481 e. The first-order valence-corrected chi connectivity index (χ1v) is 1.86. The molecule has 0 rings (SSSR count). The Morgan fingerprint density at radius 3 is 1.00 bits per heavy atom. The van der Waals surface area contributed by atoms with E-state index >= 15 is 0 Å². The normalized spacial score (nSPS) is 5.56. The van der Waals surface area contributed by atoms with Gasteiger partial charge in [-0.1, -0.05) is 0 Å². The molecule has 0 atom stereocenters. The van der Waals surface area contributed by atoms with E-state index in [1.807, 2.05) is 0 Å². The predicted octanol–water partition coefficient (Wildman–Crippen LogP) is 0.179. The van der Waals surface area contributed by atoms with E-state index in [-0.39, 0.29) is 20.4 Å². The Kier molecular flexibility index (Phi) is 18.6. The van der Waals surface area contributed by atoms with Gasteiger partial charge in [0.25, 0.3) is 11.9 Å². The molecule has 0 aliphatic carbocycles. The van der Waals surface area contributed by atoms with Crippen molar-refractivity contribution in [3.63, 3.8) is 0 Å². The zero-order valence-corrected chi connectivity index (χ0v) is 6.58.